The van der Waals surface area contributed by atoms with Crippen molar-refractivity contribution in [3.8, 4) is 5.75 Å². The lowest BCUT2D eigenvalue weighted by Crippen LogP contribution is -2.67. The highest BCUT2D eigenvalue weighted by atomic mass is 16.6. The normalized spacial score (nSPS) is 23.1. The summed E-state index contributed by atoms with van der Waals surface area (Å²) in [5, 5.41) is 0. The number of ether oxygens (including phenoxy) is 7. The van der Waals surface area contributed by atoms with Crippen LogP contribution in [0.2, 0.25) is 0 Å². The fourth-order valence-corrected chi connectivity index (χ4v) is 5.24. The molecule has 0 amide bonds. The lowest BCUT2D eigenvalue weighted by molar-refractivity contribution is -0.283. The number of hydrogen-bond donors (Lipinski definition) is 0. The van der Waals surface area contributed by atoms with Crippen molar-refractivity contribution in [2.24, 2.45) is 0 Å². The monoisotopic (exact) mass is 600 g/mol. The summed E-state index contributed by atoms with van der Waals surface area (Å²) in [4.78, 5) is 0. The van der Waals surface area contributed by atoms with Crippen molar-refractivity contribution in [3.63, 3.8) is 0 Å². The number of rotatable bonds is 19. The molecular formula is C37H44O7. The predicted molar refractivity (Wildman–Crippen MR) is 171 cm³/mol. The van der Waals surface area contributed by atoms with Crippen molar-refractivity contribution >= 4 is 0 Å². The zero-order valence-electron chi connectivity index (χ0n) is 25.5. The summed E-state index contributed by atoms with van der Waals surface area (Å²) in [6.07, 6.45) is 1.71. The molecule has 4 rings (SSSR count). The minimum absolute atomic E-state index is 0.288. The molecule has 234 valence electrons. The highest BCUT2D eigenvalue weighted by molar-refractivity contribution is 5.26. The standard InChI is InChI=1S/C37H44O7/c1-5-22-39-32-33(40-23-6-2)36(43-26-29-16-12-9-13-17-29)37(44-27-30-18-20-31(38-4)21-19-30)34(41-24-7-3)35(32)42-25-28-14-10-8-11-15-28/h5-21,32-37H,1-3,22-27H2,4H3/t32-,33-,34-,35+,36-,37+/m1/s1. The molecule has 0 radical (unpaired) electrons. The van der Waals surface area contributed by atoms with Crippen LogP contribution in [0.3, 0.4) is 0 Å². The van der Waals surface area contributed by atoms with Crippen molar-refractivity contribution < 1.29 is 33.2 Å². The van der Waals surface area contributed by atoms with Gasteiger partial charge in [-0.05, 0) is 28.8 Å². The SMILES string of the molecule is C=CCO[C@@H]1[C@@H](OCC=C)[C@@H](OCc2ccccc2)[C@@H](OCc2ccc(OC)cc2)[C@H](OCC=C)[C@H]1OCc1ccccc1. The van der Waals surface area contributed by atoms with Gasteiger partial charge in [-0.1, -0.05) is 91.0 Å². The highest BCUT2D eigenvalue weighted by Gasteiger charge is 2.54. The van der Waals surface area contributed by atoms with Gasteiger partial charge in [-0.15, -0.1) is 19.7 Å². The quantitative estimate of drug-likeness (QED) is 0.146. The highest BCUT2D eigenvalue weighted by Crippen LogP contribution is 2.35. The molecule has 0 N–H and O–H groups in total. The molecule has 6 atom stereocenters. The maximum Gasteiger partial charge on any atom is 0.118 e. The van der Waals surface area contributed by atoms with E-state index in [2.05, 4.69) is 19.7 Å². The molecule has 0 spiro atoms. The first kappa shape index (κ1) is 33.3. The predicted octanol–water partition coefficient (Wildman–Crippen LogP) is 6.48. The smallest absolute Gasteiger partial charge is 0.118 e. The van der Waals surface area contributed by atoms with E-state index >= 15 is 0 Å². The molecule has 1 fully saturated rings. The Hall–Kier alpha value is -3.56. The first-order valence-electron chi connectivity index (χ1n) is 14.9. The summed E-state index contributed by atoms with van der Waals surface area (Å²) in [7, 11) is 1.65. The van der Waals surface area contributed by atoms with E-state index in [1.807, 2.05) is 84.9 Å². The zero-order chi connectivity index (χ0) is 31.0. The van der Waals surface area contributed by atoms with Gasteiger partial charge in [-0.3, -0.25) is 0 Å². The Morgan fingerprint density at radius 2 is 0.773 bits per heavy atom. The lowest BCUT2D eigenvalue weighted by Gasteiger charge is -2.49. The van der Waals surface area contributed by atoms with Crippen LogP contribution in [0.1, 0.15) is 16.7 Å². The topological polar surface area (TPSA) is 64.6 Å². The molecule has 1 saturated carbocycles. The van der Waals surface area contributed by atoms with Crippen LogP contribution >= 0.6 is 0 Å². The minimum Gasteiger partial charge on any atom is -0.497 e. The van der Waals surface area contributed by atoms with Gasteiger partial charge in [0.2, 0.25) is 0 Å². The van der Waals surface area contributed by atoms with Crippen LogP contribution in [-0.4, -0.2) is 63.6 Å². The van der Waals surface area contributed by atoms with Crippen LogP contribution in [0.5, 0.6) is 5.75 Å². The first-order chi connectivity index (χ1) is 21.7. The average Bonchev–Trinajstić information content (AvgIpc) is 3.07. The Kier molecular flexibility index (Phi) is 13.9. The lowest BCUT2D eigenvalue weighted by atomic mass is 9.83. The van der Waals surface area contributed by atoms with E-state index in [-0.39, 0.29) is 6.61 Å². The molecule has 44 heavy (non-hydrogen) atoms. The van der Waals surface area contributed by atoms with E-state index in [1.165, 1.54) is 0 Å². The van der Waals surface area contributed by atoms with Gasteiger partial charge >= 0.3 is 0 Å². The molecule has 0 heterocycles. The van der Waals surface area contributed by atoms with E-state index in [0.29, 0.717) is 33.0 Å². The molecule has 1 aliphatic carbocycles. The Morgan fingerprint density at radius 3 is 1.09 bits per heavy atom. The fourth-order valence-electron chi connectivity index (χ4n) is 5.24. The van der Waals surface area contributed by atoms with Crippen molar-refractivity contribution in [1.82, 2.24) is 0 Å². The molecule has 0 aromatic heterocycles. The molecular weight excluding hydrogens is 556 g/mol. The van der Waals surface area contributed by atoms with Crippen LogP contribution in [0.15, 0.2) is 123 Å². The van der Waals surface area contributed by atoms with Gasteiger partial charge in [0.05, 0.1) is 46.8 Å². The van der Waals surface area contributed by atoms with Gasteiger partial charge in [0, 0.05) is 0 Å². The van der Waals surface area contributed by atoms with Crippen LogP contribution in [0, 0.1) is 0 Å². The van der Waals surface area contributed by atoms with E-state index in [0.717, 1.165) is 22.4 Å². The Balaban J connectivity index is 1.72. The van der Waals surface area contributed by atoms with E-state index in [9.17, 15) is 0 Å². The van der Waals surface area contributed by atoms with Crippen LogP contribution in [-0.2, 0) is 48.2 Å². The molecule has 0 bridgehead atoms. The number of methoxy groups -OCH3 is 1. The Morgan fingerprint density at radius 1 is 0.455 bits per heavy atom. The summed E-state index contributed by atoms with van der Waals surface area (Å²) < 4.78 is 44.7. The largest absolute Gasteiger partial charge is 0.497 e. The Labute approximate surface area is 261 Å². The van der Waals surface area contributed by atoms with Gasteiger partial charge in [0.25, 0.3) is 0 Å². The van der Waals surface area contributed by atoms with Gasteiger partial charge < -0.3 is 33.2 Å². The van der Waals surface area contributed by atoms with Gasteiger partial charge in [0.1, 0.15) is 42.4 Å². The molecule has 0 aliphatic heterocycles. The Bertz CT molecular complexity index is 1250. The minimum atomic E-state index is -0.583. The van der Waals surface area contributed by atoms with Crippen LogP contribution in [0.25, 0.3) is 0 Å². The first-order valence-corrected chi connectivity index (χ1v) is 14.9. The van der Waals surface area contributed by atoms with Gasteiger partial charge in [0.15, 0.2) is 0 Å². The van der Waals surface area contributed by atoms with Crippen LogP contribution < -0.4 is 4.74 Å². The fraction of sp³-hybridized carbons (Fsp3) is 0.351. The third kappa shape index (κ3) is 9.47. The third-order valence-corrected chi connectivity index (χ3v) is 7.33. The molecule has 7 heteroatoms. The van der Waals surface area contributed by atoms with E-state index < -0.39 is 36.6 Å². The second-order valence-corrected chi connectivity index (χ2v) is 10.4. The van der Waals surface area contributed by atoms with Crippen LogP contribution in [0.4, 0.5) is 0 Å². The maximum absolute atomic E-state index is 6.71. The summed E-state index contributed by atoms with van der Waals surface area (Å²) in [5.41, 5.74) is 3.03. The zero-order valence-corrected chi connectivity index (χ0v) is 25.5. The van der Waals surface area contributed by atoms with Crippen molar-refractivity contribution in [3.05, 3.63) is 140 Å². The van der Waals surface area contributed by atoms with Crippen molar-refractivity contribution in [1.29, 1.82) is 0 Å². The maximum atomic E-state index is 6.71. The molecule has 0 saturated heterocycles. The third-order valence-electron chi connectivity index (χ3n) is 7.33. The molecule has 1 aliphatic rings. The number of benzene rings is 3. The number of hydrogen-bond acceptors (Lipinski definition) is 7. The second-order valence-electron chi connectivity index (χ2n) is 10.4. The molecule has 3 aromatic rings. The van der Waals surface area contributed by atoms with Crippen molar-refractivity contribution in [2.45, 2.75) is 56.4 Å². The van der Waals surface area contributed by atoms with Gasteiger partial charge in [-0.2, -0.15) is 0 Å². The molecule has 3 aromatic carbocycles. The van der Waals surface area contributed by atoms with Crippen molar-refractivity contribution in [2.75, 3.05) is 26.9 Å². The molecule has 0 unspecified atom stereocenters. The average molecular weight is 601 g/mol. The van der Waals surface area contributed by atoms with Gasteiger partial charge in [-0.25, -0.2) is 0 Å². The van der Waals surface area contributed by atoms with E-state index in [4.69, 9.17) is 33.2 Å². The molecule has 7 nitrogen and oxygen atoms in total. The summed E-state index contributed by atoms with van der Waals surface area (Å²) in [6.45, 7) is 13.5. The summed E-state index contributed by atoms with van der Waals surface area (Å²) in [6, 6.07) is 27.8. The van der Waals surface area contributed by atoms with E-state index in [1.54, 1.807) is 25.3 Å². The summed E-state index contributed by atoms with van der Waals surface area (Å²) in [5.74, 6) is 0.775. The second kappa shape index (κ2) is 18.3. The summed E-state index contributed by atoms with van der Waals surface area (Å²) >= 11 is 0.